The summed E-state index contributed by atoms with van der Waals surface area (Å²) in [7, 11) is -3.52. The summed E-state index contributed by atoms with van der Waals surface area (Å²) in [5.41, 5.74) is 1.01. The number of sulfonamides is 1. The Hall–Kier alpha value is -1.40. The Kier molecular flexibility index (Phi) is 7.03. The zero-order valence-electron chi connectivity index (χ0n) is 13.8. The van der Waals surface area contributed by atoms with Crippen LogP contribution >= 0.6 is 0 Å². The lowest BCUT2D eigenvalue weighted by Gasteiger charge is -2.22. The van der Waals surface area contributed by atoms with Crippen LogP contribution in [0.1, 0.15) is 32.8 Å². The number of carbonyl (C=O) groups is 1. The molecule has 0 aliphatic carbocycles. The minimum absolute atomic E-state index is 0.0322. The molecule has 1 aromatic carbocycles. The number of nitrogens with zero attached hydrogens (tertiary/aromatic N) is 1. The first-order chi connectivity index (χ1) is 10.2. The Morgan fingerprint density at radius 2 is 1.77 bits per heavy atom. The van der Waals surface area contributed by atoms with E-state index in [1.165, 1.54) is 6.92 Å². The first-order valence-corrected chi connectivity index (χ1v) is 9.02. The van der Waals surface area contributed by atoms with E-state index in [1.54, 1.807) is 29.2 Å². The molecule has 1 amide bonds. The number of rotatable bonds is 8. The highest BCUT2D eigenvalue weighted by atomic mass is 32.2. The Morgan fingerprint density at radius 3 is 2.27 bits per heavy atom. The zero-order chi connectivity index (χ0) is 16.8. The molecule has 0 aromatic heterocycles. The van der Waals surface area contributed by atoms with Crippen LogP contribution in [0.15, 0.2) is 29.2 Å². The summed E-state index contributed by atoms with van der Waals surface area (Å²) < 4.78 is 26.8. The van der Waals surface area contributed by atoms with Gasteiger partial charge in [0.05, 0.1) is 4.90 Å². The first-order valence-electron chi connectivity index (χ1n) is 7.54. The minimum atomic E-state index is -3.52. The smallest absolute Gasteiger partial charge is 0.240 e. The maximum absolute atomic E-state index is 12.1. The number of nitrogens with one attached hydrogen (secondary N) is 1. The van der Waals surface area contributed by atoms with Crippen LogP contribution in [0.4, 0.5) is 0 Å². The van der Waals surface area contributed by atoms with Gasteiger partial charge in [-0.2, -0.15) is 0 Å². The highest BCUT2D eigenvalue weighted by Gasteiger charge is 2.15. The molecule has 0 saturated heterocycles. The summed E-state index contributed by atoms with van der Waals surface area (Å²) >= 11 is 0. The zero-order valence-corrected chi connectivity index (χ0v) is 14.6. The number of aryl methyl sites for hydroxylation is 1. The molecule has 124 valence electrons. The van der Waals surface area contributed by atoms with Gasteiger partial charge < -0.3 is 4.90 Å². The van der Waals surface area contributed by atoms with Crippen molar-refractivity contribution >= 4 is 15.9 Å². The Labute approximate surface area is 133 Å². The lowest BCUT2D eigenvalue weighted by atomic mass is 10.1. The van der Waals surface area contributed by atoms with Crippen molar-refractivity contribution in [1.29, 1.82) is 0 Å². The van der Waals surface area contributed by atoms with E-state index < -0.39 is 10.0 Å². The second kappa shape index (κ2) is 8.29. The van der Waals surface area contributed by atoms with Gasteiger partial charge in [0.2, 0.25) is 15.9 Å². The van der Waals surface area contributed by atoms with E-state index in [4.69, 9.17) is 0 Å². The normalized spacial score (nSPS) is 11.7. The van der Waals surface area contributed by atoms with Gasteiger partial charge in [0, 0.05) is 26.6 Å². The SMILES string of the molecule is CC(=O)N(CCNS(=O)(=O)c1ccc(C)cc1)CCC(C)C. The van der Waals surface area contributed by atoms with Crippen molar-refractivity contribution in [2.45, 2.75) is 39.0 Å². The van der Waals surface area contributed by atoms with Crippen molar-refractivity contribution in [2.75, 3.05) is 19.6 Å². The Balaban J connectivity index is 2.56. The van der Waals surface area contributed by atoms with Crippen LogP contribution in [0.3, 0.4) is 0 Å². The molecular formula is C16H26N2O3S. The standard InChI is InChI=1S/C16H26N2O3S/c1-13(2)9-11-18(15(4)19)12-10-17-22(20,21)16-7-5-14(3)6-8-16/h5-8,13,17H,9-12H2,1-4H3. The number of hydrogen-bond donors (Lipinski definition) is 1. The molecule has 6 heteroatoms. The highest BCUT2D eigenvalue weighted by Crippen LogP contribution is 2.09. The lowest BCUT2D eigenvalue weighted by molar-refractivity contribution is -0.128. The third-order valence-electron chi connectivity index (χ3n) is 3.43. The summed E-state index contributed by atoms with van der Waals surface area (Å²) in [4.78, 5) is 13.5. The van der Waals surface area contributed by atoms with Crippen LogP contribution in [0, 0.1) is 12.8 Å². The van der Waals surface area contributed by atoms with E-state index in [0.29, 0.717) is 19.0 Å². The fourth-order valence-corrected chi connectivity index (χ4v) is 2.98. The minimum Gasteiger partial charge on any atom is -0.342 e. The molecule has 1 N–H and O–H groups in total. The van der Waals surface area contributed by atoms with E-state index in [1.807, 2.05) is 6.92 Å². The van der Waals surface area contributed by atoms with Crippen molar-refractivity contribution in [2.24, 2.45) is 5.92 Å². The van der Waals surface area contributed by atoms with Crippen LogP contribution in [0.5, 0.6) is 0 Å². The fraction of sp³-hybridized carbons (Fsp3) is 0.562. The van der Waals surface area contributed by atoms with Crippen LogP contribution < -0.4 is 4.72 Å². The molecule has 0 saturated carbocycles. The molecule has 0 radical (unpaired) electrons. The van der Waals surface area contributed by atoms with Crippen molar-refractivity contribution in [3.05, 3.63) is 29.8 Å². The molecule has 0 aliphatic heterocycles. The number of benzene rings is 1. The summed E-state index contributed by atoms with van der Waals surface area (Å²) in [6.45, 7) is 8.86. The lowest BCUT2D eigenvalue weighted by Crippen LogP contribution is -2.38. The van der Waals surface area contributed by atoms with Crippen molar-refractivity contribution in [3.8, 4) is 0 Å². The molecule has 0 heterocycles. The van der Waals surface area contributed by atoms with E-state index in [2.05, 4.69) is 18.6 Å². The topological polar surface area (TPSA) is 66.5 Å². The monoisotopic (exact) mass is 326 g/mol. The van der Waals surface area contributed by atoms with Crippen LogP contribution in [0.25, 0.3) is 0 Å². The molecule has 22 heavy (non-hydrogen) atoms. The number of amides is 1. The molecule has 0 bridgehead atoms. The fourth-order valence-electron chi connectivity index (χ4n) is 1.96. The van der Waals surface area contributed by atoms with Crippen molar-refractivity contribution in [3.63, 3.8) is 0 Å². The number of hydrogen-bond acceptors (Lipinski definition) is 3. The van der Waals surface area contributed by atoms with Gasteiger partial charge >= 0.3 is 0 Å². The average molecular weight is 326 g/mol. The first kappa shape index (κ1) is 18.6. The van der Waals surface area contributed by atoms with Crippen molar-refractivity contribution < 1.29 is 13.2 Å². The summed E-state index contributed by atoms with van der Waals surface area (Å²) in [6, 6.07) is 6.69. The van der Waals surface area contributed by atoms with Crippen LogP contribution in [-0.4, -0.2) is 38.9 Å². The maximum atomic E-state index is 12.1. The molecule has 0 unspecified atom stereocenters. The molecule has 0 fully saturated rings. The molecule has 5 nitrogen and oxygen atoms in total. The van der Waals surface area contributed by atoms with Crippen molar-refractivity contribution in [1.82, 2.24) is 9.62 Å². The van der Waals surface area contributed by atoms with Gasteiger partial charge in [-0.1, -0.05) is 31.5 Å². The van der Waals surface area contributed by atoms with Gasteiger partial charge in [-0.05, 0) is 31.4 Å². The number of carbonyl (C=O) groups excluding carboxylic acids is 1. The highest BCUT2D eigenvalue weighted by molar-refractivity contribution is 7.89. The average Bonchev–Trinajstić information content (AvgIpc) is 2.42. The maximum Gasteiger partial charge on any atom is 0.240 e. The molecule has 0 spiro atoms. The van der Waals surface area contributed by atoms with E-state index in [9.17, 15) is 13.2 Å². The second-order valence-electron chi connectivity index (χ2n) is 5.90. The molecule has 0 atom stereocenters. The Morgan fingerprint density at radius 1 is 1.18 bits per heavy atom. The van der Waals surface area contributed by atoms with Gasteiger partial charge in [-0.15, -0.1) is 0 Å². The summed E-state index contributed by atoms with van der Waals surface area (Å²) in [6.07, 6.45) is 0.907. The van der Waals surface area contributed by atoms with E-state index in [0.717, 1.165) is 12.0 Å². The van der Waals surface area contributed by atoms with E-state index in [-0.39, 0.29) is 17.3 Å². The third-order valence-corrected chi connectivity index (χ3v) is 4.90. The molecule has 0 aliphatic rings. The van der Waals surface area contributed by atoms with Crippen LogP contribution in [0.2, 0.25) is 0 Å². The van der Waals surface area contributed by atoms with Gasteiger partial charge in [0.15, 0.2) is 0 Å². The predicted molar refractivity (Wildman–Crippen MR) is 88.1 cm³/mol. The molecule has 1 aromatic rings. The van der Waals surface area contributed by atoms with Gasteiger partial charge in [-0.25, -0.2) is 13.1 Å². The van der Waals surface area contributed by atoms with Gasteiger partial charge in [-0.3, -0.25) is 4.79 Å². The molecular weight excluding hydrogens is 300 g/mol. The Bertz CT molecular complexity index is 580. The second-order valence-corrected chi connectivity index (χ2v) is 7.67. The van der Waals surface area contributed by atoms with Gasteiger partial charge in [0.1, 0.15) is 0 Å². The van der Waals surface area contributed by atoms with E-state index >= 15 is 0 Å². The quantitative estimate of drug-likeness (QED) is 0.796. The van der Waals surface area contributed by atoms with Gasteiger partial charge in [0.25, 0.3) is 0 Å². The van der Waals surface area contributed by atoms with Crippen LogP contribution in [-0.2, 0) is 14.8 Å². The largest absolute Gasteiger partial charge is 0.342 e. The summed E-state index contributed by atoms with van der Waals surface area (Å²) in [5.74, 6) is 0.473. The predicted octanol–water partition coefficient (Wildman–Crippen LogP) is 2.17. The molecule has 1 rings (SSSR count). The third kappa shape index (κ3) is 6.15. The summed E-state index contributed by atoms with van der Waals surface area (Å²) in [5, 5.41) is 0.